The lowest BCUT2D eigenvalue weighted by Gasteiger charge is -2.34. The van der Waals surface area contributed by atoms with Crippen LogP contribution in [0.3, 0.4) is 0 Å². The van der Waals surface area contributed by atoms with Gasteiger partial charge in [-0.1, -0.05) is 18.2 Å². The summed E-state index contributed by atoms with van der Waals surface area (Å²) in [6.45, 7) is 11.2. The normalized spacial score (nSPS) is 15.0. The Kier molecular flexibility index (Phi) is 11.5. The van der Waals surface area contributed by atoms with E-state index in [1.54, 1.807) is 7.11 Å². The van der Waals surface area contributed by atoms with E-state index in [4.69, 9.17) is 19.6 Å². The van der Waals surface area contributed by atoms with Crippen LogP contribution in [-0.2, 0) is 16.0 Å². The van der Waals surface area contributed by atoms with Gasteiger partial charge in [-0.05, 0) is 52.2 Å². The van der Waals surface area contributed by atoms with E-state index >= 15 is 0 Å². The number of hydrogen-bond acceptors (Lipinski definition) is 4. The second kappa shape index (κ2) is 13.8. The summed E-state index contributed by atoms with van der Waals surface area (Å²) in [4.78, 5) is 7.32. The monoisotopic (exact) mass is 555 g/mol. The van der Waals surface area contributed by atoms with Crippen LogP contribution >= 0.6 is 24.0 Å². The minimum Gasteiger partial charge on any atom is -0.385 e. The quantitative estimate of drug-likeness (QED) is 0.219. The van der Waals surface area contributed by atoms with Gasteiger partial charge in [0.1, 0.15) is 0 Å². The summed E-state index contributed by atoms with van der Waals surface area (Å²) in [6, 6.07) is 10.3. The van der Waals surface area contributed by atoms with E-state index in [-0.39, 0.29) is 24.0 Å². The first kappa shape index (κ1) is 26.6. The number of nitrogens with one attached hydrogen (secondary N) is 1. The Morgan fingerprint density at radius 2 is 1.88 bits per heavy atom. The molecule has 1 saturated heterocycles. The zero-order valence-corrected chi connectivity index (χ0v) is 22.2. The fourth-order valence-electron chi connectivity index (χ4n) is 3.99. The molecule has 0 unspecified atom stereocenters. The summed E-state index contributed by atoms with van der Waals surface area (Å²) >= 11 is 0. The largest absolute Gasteiger partial charge is 0.385 e. The predicted octanol–water partition coefficient (Wildman–Crippen LogP) is 4.09. The molecule has 178 valence electrons. The average Bonchev–Trinajstić information content (AvgIpc) is 3.08. The summed E-state index contributed by atoms with van der Waals surface area (Å²) in [5, 5.41) is 8.22. The van der Waals surface area contributed by atoms with Crippen molar-refractivity contribution in [3.05, 3.63) is 47.3 Å². The number of para-hydroxylation sites is 1. The number of rotatable bonds is 9. The van der Waals surface area contributed by atoms with Crippen LogP contribution in [0.4, 0.5) is 0 Å². The maximum atomic E-state index is 6.00. The van der Waals surface area contributed by atoms with Crippen LogP contribution in [0.15, 0.2) is 35.3 Å². The van der Waals surface area contributed by atoms with Crippen molar-refractivity contribution in [2.45, 2.75) is 52.7 Å². The van der Waals surface area contributed by atoms with Gasteiger partial charge in [0, 0.05) is 51.2 Å². The molecule has 1 aromatic carbocycles. The fraction of sp³-hybridized carbons (Fsp3) is 0.583. The van der Waals surface area contributed by atoms with E-state index in [9.17, 15) is 0 Å². The predicted molar refractivity (Wildman–Crippen MR) is 140 cm³/mol. The molecule has 0 saturated carbocycles. The number of piperidine rings is 1. The number of likely N-dealkylation sites (tertiary alicyclic amines) is 1. The van der Waals surface area contributed by atoms with Gasteiger partial charge in [0.2, 0.25) is 0 Å². The molecule has 0 amide bonds. The second-order valence-corrected chi connectivity index (χ2v) is 7.97. The SMILES string of the molecule is CCNC(=NCc1c(C)nn(-c2ccccc2)c1C)N1CCC(OCCCOC)CC1.I. The lowest BCUT2D eigenvalue weighted by atomic mass is 10.1. The Bertz CT molecular complexity index is 832. The van der Waals surface area contributed by atoms with Gasteiger partial charge >= 0.3 is 0 Å². The summed E-state index contributed by atoms with van der Waals surface area (Å²) in [6.07, 6.45) is 3.35. The highest BCUT2D eigenvalue weighted by atomic mass is 127. The van der Waals surface area contributed by atoms with Crippen molar-refractivity contribution in [1.82, 2.24) is 20.0 Å². The molecule has 1 aliphatic rings. The Balaban J connectivity index is 0.00000363. The van der Waals surface area contributed by atoms with Crippen molar-refractivity contribution in [2.24, 2.45) is 4.99 Å². The number of benzene rings is 1. The van der Waals surface area contributed by atoms with Crippen molar-refractivity contribution < 1.29 is 9.47 Å². The highest BCUT2D eigenvalue weighted by molar-refractivity contribution is 14.0. The Morgan fingerprint density at radius 1 is 1.16 bits per heavy atom. The van der Waals surface area contributed by atoms with E-state index in [1.165, 1.54) is 5.56 Å². The lowest BCUT2D eigenvalue weighted by molar-refractivity contribution is 0.00990. The van der Waals surface area contributed by atoms with Gasteiger partial charge in [-0.3, -0.25) is 0 Å². The molecule has 8 heteroatoms. The molecular formula is C24H38IN5O2. The van der Waals surface area contributed by atoms with Gasteiger partial charge in [-0.2, -0.15) is 5.10 Å². The first-order valence-electron chi connectivity index (χ1n) is 11.4. The van der Waals surface area contributed by atoms with Crippen molar-refractivity contribution in [1.29, 1.82) is 0 Å². The van der Waals surface area contributed by atoms with Gasteiger partial charge in [0.05, 0.1) is 24.0 Å². The molecular weight excluding hydrogens is 517 g/mol. The van der Waals surface area contributed by atoms with Crippen LogP contribution in [0.5, 0.6) is 0 Å². The molecule has 1 aromatic heterocycles. The van der Waals surface area contributed by atoms with Crippen molar-refractivity contribution in [3.63, 3.8) is 0 Å². The molecule has 1 N–H and O–H groups in total. The summed E-state index contributed by atoms with van der Waals surface area (Å²) in [5.74, 6) is 0.978. The molecule has 0 spiro atoms. The first-order valence-corrected chi connectivity index (χ1v) is 11.4. The fourth-order valence-corrected chi connectivity index (χ4v) is 3.99. The highest BCUT2D eigenvalue weighted by Gasteiger charge is 2.22. The molecule has 3 rings (SSSR count). The molecule has 1 fully saturated rings. The first-order chi connectivity index (χ1) is 15.1. The number of guanidine groups is 1. The average molecular weight is 556 g/mol. The van der Waals surface area contributed by atoms with Gasteiger partial charge in [0.15, 0.2) is 5.96 Å². The number of methoxy groups -OCH3 is 1. The second-order valence-electron chi connectivity index (χ2n) is 7.97. The topological polar surface area (TPSA) is 63.9 Å². The van der Waals surface area contributed by atoms with Crippen LogP contribution < -0.4 is 5.32 Å². The van der Waals surface area contributed by atoms with Gasteiger partial charge in [-0.25, -0.2) is 9.67 Å². The molecule has 0 bridgehead atoms. The third-order valence-electron chi connectivity index (χ3n) is 5.75. The number of aromatic nitrogens is 2. The number of ether oxygens (including phenoxy) is 2. The number of halogens is 1. The van der Waals surface area contributed by atoms with E-state index < -0.39 is 0 Å². The van der Waals surface area contributed by atoms with Gasteiger partial charge < -0.3 is 19.7 Å². The van der Waals surface area contributed by atoms with E-state index in [2.05, 4.69) is 43.1 Å². The van der Waals surface area contributed by atoms with Crippen LogP contribution in [-0.4, -0.2) is 66.7 Å². The van der Waals surface area contributed by atoms with E-state index in [1.807, 2.05) is 22.9 Å². The maximum absolute atomic E-state index is 6.00. The molecule has 32 heavy (non-hydrogen) atoms. The zero-order chi connectivity index (χ0) is 22.1. The number of aryl methyl sites for hydroxylation is 1. The molecule has 0 radical (unpaired) electrons. The summed E-state index contributed by atoms with van der Waals surface area (Å²) in [5.41, 5.74) is 4.45. The number of aliphatic imine (C=N–C) groups is 1. The van der Waals surface area contributed by atoms with Crippen LogP contribution in [0, 0.1) is 13.8 Å². The Labute approximate surface area is 209 Å². The van der Waals surface area contributed by atoms with Crippen LogP contribution in [0.1, 0.15) is 43.1 Å². The summed E-state index contributed by atoms with van der Waals surface area (Å²) < 4.78 is 13.1. The molecule has 2 heterocycles. The standard InChI is InChI=1S/C24H37N5O2.HI/c1-5-25-24(28-14-12-22(13-15-28)31-17-9-16-30-4)26-18-23-19(2)27-29(20(23)3)21-10-7-6-8-11-21;/h6-8,10-11,22H,5,9,12-18H2,1-4H3,(H,25,26);1H. The van der Waals surface area contributed by atoms with Gasteiger partial charge in [0.25, 0.3) is 0 Å². The molecule has 7 nitrogen and oxygen atoms in total. The van der Waals surface area contributed by atoms with Crippen LogP contribution in [0.2, 0.25) is 0 Å². The smallest absolute Gasteiger partial charge is 0.194 e. The number of hydrogen-bond donors (Lipinski definition) is 1. The molecule has 1 aliphatic heterocycles. The van der Waals surface area contributed by atoms with Gasteiger partial charge in [-0.15, -0.1) is 24.0 Å². The van der Waals surface area contributed by atoms with E-state index in [0.29, 0.717) is 12.6 Å². The highest BCUT2D eigenvalue weighted by Crippen LogP contribution is 2.19. The third-order valence-corrected chi connectivity index (χ3v) is 5.75. The zero-order valence-electron chi connectivity index (χ0n) is 19.8. The minimum atomic E-state index is 0. The molecule has 0 aliphatic carbocycles. The van der Waals surface area contributed by atoms with Crippen molar-refractivity contribution in [3.8, 4) is 5.69 Å². The third kappa shape index (κ3) is 7.18. The maximum Gasteiger partial charge on any atom is 0.194 e. The summed E-state index contributed by atoms with van der Waals surface area (Å²) in [7, 11) is 1.73. The van der Waals surface area contributed by atoms with Crippen molar-refractivity contribution >= 4 is 29.9 Å². The van der Waals surface area contributed by atoms with Crippen LogP contribution in [0.25, 0.3) is 5.69 Å². The van der Waals surface area contributed by atoms with E-state index in [0.717, 1.165) is 75.1 Å². The molecule has 2 aromatic rings. The number of nitrogens with zero attached hydrogens (tertiary/aromatic N) is 4. The Morgan fingerprint density at radius 3 is 2.53 bits per heavy atom. The molecule has 0 atom stereocenters. The lowest BCUT2D eigenvalue weighted by Crippen LogP contribution is -2.47. The van der Waals surface area contributed by atoms with Crippen molar-refractivity contribution in [2.75, 3.05) is 40.0 Å². The minimum absolute atomic E-state index is 0. The Hall–Kier alpha value is -1.65.